The molecule has 0 heterocycles. The summed E-state index contributed by atoms with van der Waals surface area (Å²) in [4.78, 5) is 27.5. The zero-order chi connectivity index (χ0) is 39.6. The molecule has 0 aromatic heterocycles. The molecule has 1 unspecified atom stereocenters. The number of hydrogen-bond acceptors (Lipinski definition) is 5. The number of carbonyl (C=O) groups is 2. The summed E-state index contributed by atoms with van der Waals surface area (Å²) in [6, 6.07) is 0. The smallest absolute Gasteiger partial charge is 0.330 e. The first-order chi connectivity index (χ1) is 26.4. The molecule has 5 nitrogen and oxygen atoms in total. The van der Waals surface area contributed by atoms with Crippen LogP contribution in [0.5, 0.6) is 0 Å². The molecule has 54 heavy (non-hydrogen) atoms. The molecule has 0 saturated carbocycles. The van der Waals surface area contributed by atoms with Crippen molar-refractivity contribution in [3.05, 3.63) is 12.2 Å². The fourth-order valence-electron chi connectivity index (χ4n) is 7.55. The Morgan fingerprint density at radius 1 is 0.444 bits per heavy atom. The van der Waals surface area contributed by atoms with Gasteiger partial charge in [-0.3, -0.25) is 4.79 Å². The molecular weight excluding hydrogens is 667 g/mol. The largest absolute Gasteiger partial charge is 0.462 e. The van der Waals surface area contributed by atoms with Gasteiger partial charge in [-0.15, -0.1) is 0 Å². The average molecular weight is 762 g/mol. The minimum Gasteiger partial charge on any atom is -0.462 e. The van der Waals surface area contributed by atoms with E-state index in [1.807, 2.05) is 20.2 Å². The van der Waals surface area contributed by atoms with Crippen LogP contribution in [0.4, 0.5) is 0 Å². The predicted octanol–water partition coefficient (Wildman–Crippen LogP) is 15.4. The van der Waals surface area contributed by atoms with Gasteiger partial charge in [0.2, 0.25) is 0 Å². The molecule has 0 bridgehead atoms. The fraction of sp³-hybridized carbons (Fsp3) is 0.918. The molecular formula is C49H95NO4. The lowest BCUT2D eigenvalue weighted by molar-refractivity contribution is -0.150. The molecule has 320 valence electrons. The SMILES string of the molecule is CCCCCCCCCCCCC(CCCCCCCCCCCC)OC(=O)C=CCCCCCC(CCCCCCCCC)OC(=O)CCCN(C)C. The van der Waals surface area contributed by atoms with Crippen molar-refractivity contribution in [2.45, 2.75) is 271 Å². The number of unbranched alkanes of at least 4 members (excludes halogenated alkanes) is 27. The summed E-state index contributed by atoms with van der Waals surface area (Å²) in [7, 11) is 4.09. The van der Waals surface area contributed by atoms with Crippen LogP contribution in [0.15, 0.2) is 12.2 Å². The van der Waals surface area contributed by atoms with Crippen LogP contribution >= 0.6 is 0 Å². The van der Waals surface area contributed by atoms with Crippen molar-refractivity contribution in [2.24, 2.45) is 0 Å². The van der Waals surface area contributed by atoms with E-state index >= 15 is 0 Å². The Morgan fingerprint density at radius 3 is 1.15 bits per heavy atom. The van der Waals surface area contributed by atoms with E-state index in [1.54, 1.807) is 6.08 Å². The van der Waals surface area contributed by atoms with Crippen LogP contribution in [-0.4, -0.2) is 49.7 Å². The minimum absolute atomic E-state index is 0.0362. The van der Waals surface area contributed by atoms with Gasteiger partial charge >= 0.3 is 11.9 Å². The van der Waals surface area contributed by atoms with Crippen LogP contribution in [-0.2, 0) is 19.1 Å². The number of nitrogens with zero attached hydrogens (tertiary/aromatic N) is 1. The Labute approximate surface area is 338 Å². The molecule has 0 fully saturated rings. The van der Waals surface area contributed by atoms with Gasteiger partial charge in [0.15, 0.2) is 0 Å². The molecule has 5 heteroatoms. The van der Waals surface area contributed by atoms with E-state index in [9.17, 15) is 9.59 Å². The third-order valence-corrected chi connectivity index (χ3v) is 11.1. The third kappa shape index (κ3) is 40.3. The van der Waals surface area contributed by atoms with E-state index in [-0.39, 0.29) is 24.1 Å². The van der Waals surface area contributed by atoms with Crippen molar-refractivity contribution < 1.29 is 19.1 Å². The van der Waals surface area contributed by atoms with E-state index in [0.29, 0.717) is 6.42 Å². The van der Waals surface area contributed by atoms with E-state index in [1.165, 1.54) is 167 Å². The lowest BCUT2D eigenvalue weighted by Gasteiger charge is -2.18. The lowest BCUT2D eigenvalue weighted by Crippen LogP contribution is -2.20. The lowest BCUT2D eigenvalue weighted by atomic mass is 10.0. The van der Waals surface area contributed by atoms with Crippen LogP contribution in [0.2, 0.25) is 0 Å². The van der Waals surface area contributed by atoms with Crippen molar-refractivity contribution in [3.8, 4) is 0 Å². The van der Waals surface area contributed by atoms with E-state index in [4.69, 9.17) is 9.47 Å². The van der Waals surface area contributed by atoms with Crippen molar-refractivity contribution in [1.82, 2.24) is 4.90 Å². The molecule has 0 aliphatic rings. The number of carbonyl (C=O) groups excluding carboxylic acids is 2. The van der Waals surface area contributed by atoms with Gasteiger partial charge in [0.25, 0.3) is 0 Å². The molecule has 0 saturated heterocycles. The number of allylic oxidation sites excluding steroid dienone is 1. The summed E-state index contributed by atoms with van der Waals surface area (Å²) in [5.41, 5.74) is 0. The second kappa shape index (κ2) is 42.8. The maximum Gasteiger partial charge on any atom is 0.330 e. The van der Waals surface area contributed by atoms with Gasteiger partial charge in [-0.25, -0.2) is 4.79 Å². The van der Waals surface area contributed by atoms with E-state index in [2.05, 4.69) is 25.7 Å². The molecule has 0 aromatic carbocycles. The molecule has 0 radical (unpaired) electrons. The molecule has 0 aromatic rings. The highest BCUT2D eigenvalue weighted by Crippen LogP contribution is 2.20. The highest BCUT2D eigenvalue weighted by molar-refractivity contribution is 5.82. The monoisotopic (exact) mass is 762 g/mol. The molecule has 0 aliphatic heterocycles. The molecule has 0 N–H and O–H groups in total. The summed E-state index contributed by atoms with van der Waals surface area (Å²) in [6.07, 6.45) is 48.8. The van der Waals surface area contributed by atoms with Crippen LogP contribution < -0.4 is 0 Å². The first-order valence-electron chi connectivity index (χ1n) is 24.1. The summed E-state index contributed by atoms with van der Waals surface area (Å²) >= 11 is 0. The second-order valence-corrected chi connectivity index (χ2v) is 17.0. The van der Waals surface area contributed by atoms with E-state index < -0.39 is 0 Å². The highest BCUT2D eigenvalue weighted by atomic mass is 16.5. The van der Waals surface area contributed by atoms with Gasteiger partial charge in [0.1, 0.15) is 12.2 Å². The molecule has 0 aliphatic carbocycles. The Morgan fingerprint density at radius 2 is 0.778 bits per heavy atom. The van der Waals surface area contributed by atoms with Gasteiger partial charge in [-0.05, 0) is 91.3 Å². The fourth-order valence-corrected chi connectivity index (χ4v) is 7.55. The summed E-state index contributed by atoms with van der Waals surface area (Å²) in [5, 5.41) is 0. The first-order valence-corrected chi connectivity index (χ1v) is 24.1. The van der Waals surface area contributed by atoms with Crippen molar-refractivity contribution in [3.63, 3.8) is 0 Å². The Hall–Kier alpha value is -1.36. The van der Waals surface area contributed by atoms with Crippen molar-refractivity contribution in [2.75, 3.05) is 20.6 Å². The van der Waals surface area contributed by atoms with Crippen molar-refractivity contribution in [1.29, 1.82) is 0 Å². The van der Waals surface area contributed by atoms with Crippen LogP contribution in [0, 0.1) is 0 Å². The quantitative estimate of drug-likeness (QED) is 0.0352. The Bertz CT molecular complexity index is 788. The molecule has 0 rings (SSSR count). The zero-order valence-corrected chi connectivity index (χ0v) is 37.3. The number of hydrogen-bond donors (Lipinski definition) is 0. The third-order valence-electron chi connectivity index (χ3n) is 11.1. The van der Waals surface area contributed by atoms with Crippen molar-refractivity contribution >= 4 is 11.9 Å². The van der Waals surface area contributed by atoms with E-state index in [0.717, 1.165) is 70.8 Å². The van der Waals surface area contributed by atoms with Crippen LogP contribution in [0.1, 0.15) is 258 Å². The molecule has 0 amide bonds. The van der Waals surface area contributed by atoms with Crippen LogP contribution in [0.25, 0.3) is 0 Å². The normalized spacial score (nSPS) is 12.4. The predicted molar refractivity (Wildman–Crippen MR) is 235 cm³/mol. The van der Waals surface area contributed by atoms with Gasteiger partial charge in [0.05, 0.1) is 0 Å². The standard InChI is InChI=1S/C49H95NO4/c1-6-9-12-15-18-20-22-25-29-34-39-46(40-35-30-26-23-21-19-16-13-10-7-2)53-48(51)43-37-32-27-31-36-42-47(41-33-28-24-17-14-11-8-3)54-49(52)44-38-45-50(4)5/h37,43,46-47H,6-36,38-42,44-45H2,1-5H3. The van der Waals surface area contributed by atoms with Gasteiger partial charge in [0, 0.05) is 12.5 Å². The summed E-state index contributed by atoms with van der Waals surface area (Å²) in [6.45, 7) is 7.74. The Balaban J connectivity index is 4.57. The maximum atomic E-state index is 12.8. The topological polar surface area (TPSA) is 55.8 Å². The number of rotatable bonds is 43. The second-order valence-electron chi connectivity index (χ2n) is 17.0. The first kappa shape index (κ1) is 52.6. The van der Waals surface area contributed by atoms with Gasteiger partial charge < -0.3 is 14.4 Å². The highest BCUT2D eigenvalue weighted by Gasteiger charge is 2.15. The molecule has 1 atom stereocenters. The summed E-state index contributed by atoms with van der Waals surface area (Å²) < 4.78 is 12.0. The minimum atomic E-state index is -0.157. The number of ether oxygens (including phenoxy) is 2. The number of esters is 2. The summed E-state index contributed by atoms with van der Waals surface area (Å²) in [5.74, 6) is -0.194. The van der Waals surface area contributed by atoms with Gasteiger partial charge in [-0.1, -0.05) is 187 Å². The molecule has 0 spiro atoms. The van der Waals surface area contributed by atoms with Gasteiger partial charge in [-0.2, -0.15) is 0 Å². The van der Waals surface area contributed by atoms with Crippen LogP contribution in [0.3, 0.4) is 0 Å². The zero-order valence-electron chi connectivity index (χ0n) is 37.3. The average Bonchev–Trinajstić information content (AvgIpc) is 3.15. The maximum absolute atomic E-state index is 12.8. The Kier molecular flexibility index (Phi) is 41.7.